The molecule has 170 valence electrons. The van der Waals surface area contributed by atoms with E-state index in [1.807, 2.05) is 6.92 Å². The maximum absolute atomic E-state index is 10.5. The van der Waals surface area contributed by atoms with Gasteiger partial charge in [0.15, 0.2) is 0 Å². The lowest BCUT2D eigenvalue weighted by Crippen LogP contribution is -2.09. The van der Waals surface area contributed by atoms with Crippen LogP contribution in [0.15, 0.2) is 30.3 Å². The number of carbonyl (C=O) groups is 2. The monoisotopic (exact) mass is 455 g/mol. The highest BCUT2D eigenvalue weighted by molar-refractivity contribution is 7.85. The largest absolute Gasteiger partial charge is 0.491 e. The van der Waals surface area contributed by atoms with Crippen molar-refractivity contribution in [1.82, 2.24) is 0 Å². The number of anilines is 3. The summed E-state index contributed by atoms with van der Waals surface area (Å²) in [6, 6.07) is 6.83. The summed E-state index contributed by atoms with van der Waals surface area (Å²) in [6.45, 7) is 2.12. The number of aryl methyl sites for hydroxylation is 1. The molecule has 0 heterocycles. The zero-order valence-corrected chi connectivity index (χ0v) is 17.6. The van der Waals surface area contributed by atoms with Crippen molar-refractivity contribution in [2.75, 3.05) is 29.6 Å². The summed E-state index contributed by atoms with van der Waals surface area (Å²) in [6.07, 6.45) is 0.965. The lowest BCUT2D eigenvalue weighted by atomic mass is 10.1. The first-order valence-electron chi connectivity index (χ1n) is 8.97. The molecule has 0 radical (unpaired) electrons. The van der Waals surface area contributed by atoms with Crippen LogP contribution in [0.4, 0.5) is 17.1 Å². The van der Waals surface area contributed by atoms with Gasteiger partial charge in [-0.2, -0.15) is 8.42 Å². The number of benzene rings is 2. The predicted octanol–water partition coefficient (Wildman–Crippen LogP) is 1.74. The minimum Gasteiger partial charge on any atom is -0.491 e. The van der Waals surface area contributed by atoms with Crippen LogP contribution in [0.25, 0.3) is 0 Å². The average Bonchev–Trinajstić information content (AvgIpc) is 2.66. The van der Waals surface area contributed by atoms with Crippen LogP contribution in [0, 0.1) is 0 Å². The molecule has 0 aliphatic heterocycles. The molecule has 2 aromatic carbocycles. The molecule has 12 heteroatoms. The molecular formula is C19H25N3O8S. The van der Waals surface area contributed by atoms with Crippen molar-refractivity contribution in [1.29, 1.82) is 0 Å². The molecule has 0 bridgehead atoms. The molecule has 0 atom stereocenters. The smallest absolute Gasteiger partial charge is 0.335 e. The molecule has 0 saturated carbocycles. The molecule has 0 aliphatic rings. The van der Waals surface area contributed by atoms with E-state index in [-0.39, 0.29) is 35.6 Å². The van der Waals surface area contributed by atoms with Gasteiger partial charge in [0.25, 0.3) is 10.1 Å². The third kappa shape index (κ3) is 8.80. The van der Waals surface area contributed by atoms with Gasteiger partial charge in [0.2, 0.25) is 0 Å². The Labute approximate surface area is 179 Å². The second-order valence-electron chi connectivity index (χ2n) is 6.38. The zero-order chi connectivity index (χ0) is 23.8. The van der Waals surface area contributed by atoms with Crippen LogP contribution in [0.2, 0.25) is 0 Å². The Kier molecular flexibility index (Phi) is 9.09. The van der Waals surface area contributed by atoms with Crippen molar-refractivity contribution in [3.63, 3.8) is 0 Å². The zero-order valence-electron chi connectivity index (χ0n) is 16.7. The number of carboxylic acids is 2. The number of nitrogens with two attached hydrogens (primary N) is 3. The summed E-state index contributed by atoms with van der Waals surface area (Å²) in [5, 5.41) is 17.1. The number of nitrogen functional groups attached to an aromatic ring is 3. The first-order chi connectivity index (χ1) is 14.3. The third-order valence-corrected chi connectivity index (χ3v) is 4.71. The highest BCUT2D eigenvalue weighted by Crippen LogP contribution is 2.28. The Bertz CT molecular complexity index is 1020. The summed E-state index contributed by atoms with van der Waals surface area (Å²) in [4.78, 5) is 21.0. The molecule has 0 amide bonds. The highest BCUT2D eigenvalue weighted by Gasteiger charge is 2.10. The lowest BCUT2D eigenvalue weighted by molar-refractivity contribution is 0.0696. The fourth-order valence-electron chi connectivity index (χ4n) is 2.41. The molecule has 31 heavy (non-hydrogen) atoms. The van der Waals surface area contributed by atoms with Gasteiger partial charge < -0.3 is 32.2 Å². The Morgan fingerprint density at radius 2 is 1.48 bits per heavy atom. The van der Waals surface area contributed by atoms with E-state index in [4.69, 9.17) is 36.7 Å². The van der Waals surface area contributed by atoms with Crippen LogP contribution in [-0.2, 0) is 16.5 Å². The van der Waals surface area contributed by atoms with Gasteiger partial charge in [-0.1, -0.05) is 6.92 Å². The van der Waals surface area contributed by atoms with Gasteiger partial charge in [-0.3, -0.25) is 4.55 Å². The molecule has 0 unspecified atom stereocenters. The summed E-state index contributed by atoms with van der Waals surface area (Å²) in [5.41, 5.74) is 18.8. The van der Waals surface area contributed by atoms with E-state index in [9.17, 15) is 18.0 Å². The third-order valence-electron chi connectivity index (χ3n) is 3.91. The summed E-state index contributed by atoms with van der Waals surface area (Å²) < 4.78 is 34.9. The quantitative estimate of drug-likeness (QED) is 0.191. The molecule has 0 fully saturated rings. The van der Waals surface area contributed by atoms with Gasteiger partial charge in [-0.25, -0.2) is 9.59 Å². The first kappa shape index (κ1) is 25.5. The van der Waals surface area contributed by atoms with Crippen LogP contribution in [0.3, 0.4) is 0 Å². The number of hydrogen-bond donors (Lipinski definition) is 6. The Morgan fingerprint density at radius 1 is 0.935 bits per heavy atom. The maximum Gasteiger partial charge on any atom is 0.335 e. The predicted molar refractivity (Wildman–Crippen MR) is 116 cm³/mol. The first-order valence-corrected chi connectivity index (χ1v) is 10.6. The van der Waals surface area contributed by atoms with Crippen molar-refractivity contribution in [3.8, 4) is 5.75 Å². The molecule has 0 aliphatic carbocycles. The molecule has 0 saturated heterocycles. The lowest BCUT2D eigenvalue weighted by Gasteiger charge is -2.11. The highest BCUT2D eigenvalue weighted by atomic mass is 32.2. The molecule has 9 N–H and O–H groups in total. The van der Waals surface area contributed by atoms with Gasteiger partial charge in [0, 0.05) is 17.4 Å². The molecular weight excluding hydrogens is 430 g/mol. The summed E-state index contributed by atoms with van der Waals surface area (Å²) in [5.74, 6) is -2.31. The van der Waals surface area contributed by atoms with Crippen LogP contribution in [0.5, 0.6) is 5.75 Å². The second kappa shape index (κ2) is 11.0. The number of rotatable bonds is 8. The van der Waals surface area contributed by atoms with Crippen molar-refractivity contribution in [3.05, 3.63) is 47.0 Å². The van der Waals surface area contributed by atoms with E-state index in [1.165, 1.54) is 12.1 Å². The summed E-state index contributed by atoms with van der Waals surface area (Å²) >= 11 is 0. The Hall–Kier alpha value is -3.51. The topological polar surface area (TPSA) is 216 Å². The van der Waals surface area contributed by atoms with E-state index >= 15 is 0 Å². The Morgan fingerprint density at radius 3 is 1.94 bits per heavy atom. The van der Waals surface area contributed by atoms with E-state index in [2.05, 4.69) is 0 Å². The number of carboxylic acid groups (broad SMARTS) is 2. The van der Waals surface area contributed by atoms with Crippen molar-refractivity contribution in [2.45, 2.75) is 19.8 Å². The molecule has 0 spiro atoms. The van der Waals surface area contributed by atoms with Gasteiger partial charge >= 0.3 is 11.9 Å². The fourth-order valence-corrected chi connectivity index (χ4v) is 2.90. The van der Waals surface area contributed by atoms with Gasteiger partial charge in [0.1, 0.15) is 5.75 Å². The normalized spacial score (nSPS) is 10.6. The number of hydrogen-bond acceptors (Lipinski definition) is 8. The minimum atomic E-state index is -3.94. The van der Waals surface area contributed by atoms with Crippen LogP contribution in [-0.4, -0.2) is 47.5 Å². The van der Waals surface area contributed by atoms with E-state index in [0.717, 1.165) is 18.1 Å². The van der Waals surface area contributed by atoms with E-state index in [1.54, 1.807) is 12.1 Å². The van der Waals surface area contributed by atoms with Crippen LogP contribution in [0.1, 0.15) is 39.6 Å². The fraction of sp³-hybridized carbons (Fsp3) is 0.263. The standard InChI is InChI=1S/C11H18N2O4S.C8H7NO4/c1-2-8-6-10(13)11(7-9(8)12)17-4-3-5-18(14,15)16;9-6-2-4(7(10)11)1-5(3-6)8(12)13/h6-7H,2-5,12-13H2,1H3,(H,14,15,16);1-3H,9H2,(H,10,11)(H,12,13). The average molecular weight is 455 g/mol. The molecule has 2 rings (SSSR count). The van der Waals surface area contributed by atoms with Gasteiger partial charge in [-0.05, 0) is 42.7 Å². The Balaban J connectivity index is 0.000000327. The number of aromatic carboxylic acids is 2. The van der Waals surface area contributed by atoms with Gasteiger partial charge in [-0.15, -0.1) is 0 Å². The number of ether oxygens (including phenoxy) is 1. The SMILES string of the molecule is CCc1cc(N)c(OCCCS(=O)(=O)O)cc1N.Nc1cc(C(=O)O)cc(C(=O)O)c1. The van der Waals surface area contributed by atoms with E-state index < -0.39 is 22.1 Å². The second-order valence-corrected chi connectivity index (χ2v) is 7.96. The van der Waals surface area contributed by atoms with Crippen LogP contribution >= 0.6 is 0 Å². The van der Waals surface area contributed by atoms with Crippen molar-refractivity contribution >= 4 is 39.1 Å². The van der Waals surface area contributed by atoms with Crippen molar-refractivity contribution in [2.24, 2.45) is 0 Å². The molecule has 11 nitrogen and oxygen atoms in total. The summed E-state index contributed by atoms with van der Waals surface area (Å²) in [7, 11) is -3.94. The van der Waals surface area contributed by atoms with Gasteiger partial charge in [0.05, 0.1) is 29.2 Å². The van der Waals surface area contributed by atoms with Crippen LogP contribution < -0.4 is 21.9 Å². The van der Waals surface area contributed by atoms with E-state index in [0.29, 0.717) is 17.1 Å². The molecule has 0 aromatic heterocycles. The molecule has 2 aromatic rings. The maximum atomic E-state index is 10.5. The van der Waals surface area contributed by atoms with Crippen molar-refractivity contribution < 1.29 is 37.5 Å². The minimum absolute atomic E-state index is 0.123.